The number of aromatic nitrogens is 3. The van der Waals surface area contributed by atoms with Gasteiger partial charge in [0.1, 0.15) is 5.65 Å². The first kappa shape index (κ1) is 25.2. The molecular weight excluding hydrogens is 558 g/mol. The molecule has 0 spiro atoms. The number of benzene rings is 7. The summed E-state index contributed by atoms with van der Waals surface area (Å²) >= 11 is 0. The molecule has 0 atom stereocenters. The van der Waals surface area contributed by atoms with Gasteiger partial charge in [-0.15, -0.1) is 0 Å². The fraction of sp³-hybridized carbons (Fsp3) is 0. The van der Waals surface area contributed by atoms with Crippen molar-refractivity contribution < 1.29 is 0 Å². The molecule has 3 aromatic heterocycles. The van der Waals surface area contributed by atoms with E-state index in [4.69, 9.17) is 4.98 Å². The zero-order chi connectivity index (χ0) is 30.2. The maximum absolute atomic E-state index is 5.07. The second kappa shape index (κ2) is 9.65. The molecule has 0 saturated carbocycles. The Kier molecular flexibility index (Phi) is 5.28. The van der Waals surface area contributed by atoms with E-state index in [9.17, 15) is 0 Å². The van der Waals surface area contributed by atoms with Gasteiger partial charge in [0, 0.05) is 44.7 Å². The molecule has 214 valence electrons. The van der Waals surface area contributed by atoms with Gasteiger partial charge in [0.15, 0.2) is 0 Å². The molecule has 0 saturated heterocycles. The van der Waals surface area contributed by atoms with Crippen molar-refractivity contribution in [1.82, 2.24) is 14.1 Å². The van der Waals surface area contributed by atoms with Gasteiger partial charge in [-0.3, -0.25) is 4.57 Å². The van der Waals surface area contributed by atoms with Crippen molar-refractivity contribution in [3.05, 3.63) is 164 Å². The summed E-state index contributed by atoms with van der Waals surface area (Å²) in [6.45, 7) is 0. The van der Waals surface area contributed by atoms with Crippen LogP contribution in [0.3, 0.4) is 0 Å². The molecule has 10 rings (SSSR count). The first-order valence-electron chi connectivity index (χ1n) is 15.7. The highest BCUT2D eigenvalue weighted by atomic mass is 15.0. The predicted octanol–water partition coefficient (Wildman–Crippen LogP) is 11.2. The summed E-state index contributed by atoms with van der Waals surface area (Å²) in [6, 6.07) is 56.9. The van der Waals surface area contributed by atoms with Gasteiger partial charge in [0.2, 0.25) is 0 Å². The lowest BCUT2D eigenvalue weighted by Gasteiger charge is -2.11. The fourth-order valence-corrected chi connectivity index (χ4v) is 7.41. The highest BCUT2D eigenvalue weighted by molar-refractivity contribution is 6.13. The lowest BCUT2D eigenvalue weighted by atomic mass is 10.0. The topological polar surface area (TPSA) is 22.8 Å². The van der Waals surface area contributed by atoms with E-state index in [1.807, 2.05) is 6.20 Å². The van der Waals surface area contributed by atoms with E-state index in [0.717, 1.165) is 33.4 Å². The molecule has 10 aromatic rings. The summed E-state index contributed by atoms with van der Waals surface area (Å²) < 4.78 is 4.66. The van der Waals surface area contributed by atoms with E-state index in [1.165, 1.54) is 54.4 Å². The van der Waals surface area contributed by atoms with Crippen LogP contribution >= 0.6 is 0 Å². The SMILES string of the molecule is c1ccc(-n2c3ccccc3c3cc(-c4ccc5c(c4)c4ccccc4n5-c4ccc5c(ccc6ccccc65)c4)cnc32)cc1. The summed E-state index contributed by atoms with van der Waals surface area (Å²) in [5.41, 5.74) is 9.08. The zero-order valence-corrected chi connectivity index (χ0v) is 24.9. The van der Waals surface area contributed by atoms with Crippen LogP contribution in [-0.4, -0.2) is 14.1 Å². The summed E-state index contributed by atoms with van der Waals surface area (Å²) in [4.78, 5) is 5.07. The van der Waals surface area contributed by atoms with E-state index in [1.54, 1.807) is 0 Å². The number of hydrogen-bond acceptors (Lipinski definition) is 1. The van der Waals surface area contributed by atoms with Gasteiger partial charge in [-0.1, -0.05) is 103 Å². The molecule has 0 aliphatic rings. The molecule has 3 nitrogen and oxygen atoms in total. The Bertz CT molecular complexity index is 2800. The van der Waals surface area contributed by atoms with Crippen LogP contribution in [0.5, 0.6) is 0 Å². The normalized spacial score (nSPS) is 11.9. The molecule has 3 heteroatoms. The van der Waals surface area contributed by atoms with Crippen LogP contribution in [0.2, 0.25) is 0 Å². The van der Waals surface area contributed by atoms with Crippen molar-refractivity contribution >= 4 is 65.3 Å². The van der Waals surface area contributed by atoms with Crippen molar-refractivity contribution in [2.24, 2.45) is 0 Å². The molecule has 0 aliphatic carbocycles. The fourth-order valence-electron chi connectivity index (χ4n) is 7.41. The van der Waals surface area contributed by atoms with Gasteiger partial charge in [-0.25, -0.2) is 4.98 Å². The third kappa shape index (κ3) is 3.63. The highest BCUT2D eigenvalue weighted by Gasteiger charge is 2.17. The van der Waals surface area contributed by atoms with Crippen molar-refractivity contribution in [3.63, 3.8) is 0 Å². The molecule has 0 amide bonds. The number of para-hydroxylation sites is 3. The van der Waals surface area contributed by atoms with Gasteiger partial charge >= 0.3 is 0 Å². The van der Waals surface area contributed by atoms with Crippen molar-refractivity contribution in [2.75, 3.05) is 0 Å². The summed E-state index contributed by atoms with van der Waals surface area (Å²) in [5.74, 6) is 0. The second-order valence-electron chi connectivity index (χ2n) is 12.1. The number of nitrogens with zero attached hydrogens (tertiary/aromatic N) is 3. The van der Waals surface area contributed by atoms with E-state index in [2.05, 4.69) is 167 Å². The van der Waals surface area contributed by atoms with E-state index >= 15 is 0 Å². The van der Waals surface area contributed by atoms with Crippen molar-refractivity contribution in [3.8, 4) is 22.5 Å². The lowest BCUT2D eigenvalue weighted by Crippen LogP contribution is -1.95. The molecular formula is C43H27N3. The minimum atomic E-state index is 0.970. The average molecular weight is 586 g/mol. The van der Waals surface area contributed by atoms with Crippen LogP contribution < -0.4 is 0 Å². The van der Waals surface area contributed by atoms with Gasteiger partial charge in [0.05, 0.1) is 16.6 Å². The minimum Gasteiger partial charge on any atom is -0.309 e. The van der Waals surface area contributed by atoms with Crippen molar-refractivity contribution in [1.29, 1.82) is 0 Å². The third-order valence-electron chi connectivity index (χ3n) is 9.52. The van der Waals surface area contributed by atoms with E-state index < -0.39 is 0 Å². The smallest absolute Gasteiger partial charge is 0.145 e. The summed E-state index contributed by atoms with van der Waals surface area (Å²) in [5, 5.41) is 9.92. The van der Waals surface area contributed by atoms with Crippen LogP contribution in [0.25, 0.3) is 87.8 Å². The molecule has 0 bridgehead atoms. The van der Waals surface area contributed by atoms with Gasteiger partial charge in [0.25, 0.3) is 0 Å². The maximum Gasteiger partial charge on any atom is 0.145 e. The Labute approximate surface area is 265 Å². The maximum atomic E-state index is 5.07. The van der Waals surface area contributed by atoms with Gasteiger partial charge in [-0.05, 0) is 81.7 Å². The molecule has 0 radical (unpaired) electrons. The molecule has 0 aliphatic heterocycles. The third-order valence-corrected chi connectivity index (χ3v) is 9.52. The highest BCUT2D eigenvalue weighted by Crippen LogP contribution is 2.38. The Morgan fingerprint density at radius 1 is 0.348 bits per heavy atom. The molecule has 46 heavy (non-hydrogen) atoms. The Hall–Kier alpha value is -6.19. The lowest BCUT2D eigenvalue weighted by molar-refractivity contribution is 1.14. The van der Waals surface area contributed by atoms with Crippen molar-refractivity contribution in [2.45, 2.75) is 0 Å². The number of fused-ring (bicyclic) bond motifs is 9. The number of rotatable bonds is 3. The van der Waals surface area contributed by atoms with Crippen LogP contribution in [0, 0.1) is 0 Å². The minimum absolute atomic E-state index is 0.970. The number of pyridine rings is 1. The Morgan fingerprint density at radius 2 is 0.978 bits per heavy atom. The zero-order valence-electron chi connectivity index (χ0n) is 24.9. The molecule has 7 aromatic carbocycles. The Balaban J connectivity index is 1.16. The first-order valence-corrected chi connectivity index (χ1v) is 15.7. The largest absolute Gasteiger partial charge is 0.309 e. The van der Waals surface area contributed by atoms with Crippen LogP contribution in [0.4, 0.5) is 0 Å². The summed E-state index contributed by atoms with van der Waals surface area (Å²) in [7, 11) is 0. The average Bonchev–Trinajstić information content (AvgIpc) is 3.64. The summed E-state index contributed by atoms with van der Waals surface area (Å²) in [6.07, 6.45) is 2.02. The van der Waals surface area contributed by atoms with E-state index in [-0.39, 0.29) is 0 Å². The van der Waals surface area contributed by atoms with Gasteiger partial charge < -0.3 is 4.57 Å². The molecule has 0 unspecified atom stereocenters. The molecule has 0 fully saturated rings. The Morgan fingerprint density at radius 3 is 1.83 bits per heavy atom. The van der Waals surface area contributed by atoms with Crippen LogP contribution in [-0.2, 0) is 0 Å². The number of hydrogen-bond donors (Lipinski definition) is 0. The van der Waals surface area contributed by atoms with Crippen LogP contribution in [0.15, 0.2) is 164 Å². The quantitative estimate of drug-likeness (QED) is 0.189. The first-order chi connectivity index (χ1) is 22.8. The van der Waals surface area contributed by atoms with E-state index in [0.29, 0.717) is 0 Å². The van der Waals surface area contributed by atoms with Crippen LogP contribution in [0.1, 0.15) is 0 Å². The van der Waals surface area contributed by atoms with Gasteiger partial charge in [-0.2, -0.15) is 0 Å². The second-order valence-corrected chi connectivity index (χ2v) is 12.1. The standard InChI is InChI=1S/C43H27N3/c1-2-11-32(12-3-1)46-41-17-9-7-15-37(41)39-26-31(27-44-43(39)46)29-20-23-42-38(25-29)36-14-6-8-16-40(36)45(42)33-21-22-35-30(24-33)19-18-28-10-4-5-13-34(28)35/h1-27H. The predicted molar refractivity (Wildman–Crippen MR) is 193 cm³/mol. The molecule has 0 N–H and O–H groups in total. The molecule has 3 heterocycles. The monoisotopic (exact) mass is 585 g/mol.